The van der Waals surface area contributed by atoms with Crippen molar-refractivity contribution in [2.45, 2.75) is 12.7 Å². The number of nitrogens with one attached hydrogen (secondary N) is 1. The minimum absolute atomic E-state index is 0.0348. The van der Waals surface area contributed by atoms with Crippen LogP contribution in [0.25, 0.3) is 0 Å². The molecule has 1 N–H and O–H groups in total. The fourth-order valence-electron chi connectivity index (χ4n) is 1.80. The van der Waals surface area contributed by atoms with Gasteiger partial charge in [0.05, 0.1) is 5.75 Å². The second kappa shape index (κ2) is 7.74. The van der Waals surface area contributed by atoms with E-state index in [2.05, 4.69) is 5.32 Å². The lowest BCUT2D eigenvalue weighted by Gasteiger charge is -2.08. The lowest BCUT2D eigenvalue weighted by molar-refractivity contribution is -0.113. The summed E-state index contributed by atoms with van der Waals surface area (Å²) in [6.07, 6.45) is 0. The molecule has 21 heavy (non-hydrogen) atoms. The number of rotatable bonds is 5. The number of carbonyl (C=O) groups excluding carboxylic acids is 1. The Bertz CT molecular complexity index is 646. The summed E-state index contributed by atoms with van der Waals surface area (Å²) in [6, 6.07) is 13.1. The Hall–Kier alpha value is -1.16. The first kappa shape index (κ1) is 16.2. The fraction of sp³-hybridized carbons (Fsp3) is 0.188. The van der Waals surface area contributed by atoms with Crippen LogP contribution < -0.4 is 5.32 Å². The van der Waals surface area contributed by atoms with Gasteiger partial charge >= 0.3 is 0 Å². The first-order valence-corrected chi connectivity index (χ1v) is 8.34. The number of halogens is 2. The van der Waals surface area contributed by atoms with Gasteiger partial charge in [-0.1, -0.05) is 41.4 Å². The molecule has 0 aliphatic carbocycles. The number of aryl methyl sites for hydroxylation is 1. The van der Waals surface area contributed by atoms with E-state index in [0.717, 1.165) is 22.6 Å². The average Bonchev–Trinajstić information content (AvgIpc) is 2.43. The van der Waals surface area contributed by atoms with Gasteiger partial charge in [-0.05, 0) is 42.3 Å². The van der Waals surface area contributed by atoms with Crippen LogP contribution >= 0.6 is 35.0 Å². The molecule has 5 heteroatoms. The molecular weight excluding hydrogens is 325 g/mol. The van der Waals surface area contributed by atoms with Crippen LogP contribution in [0.4, 0.5) is 5.69 Å². The van der Waals surface area contributed by atoms with Gasteiger partial charge in [0.1, 0.15) is 0 Å². The Morgan fingerprint density at radius 1 is 1.14 bits per heavy atom. The van der Waals surface area contributed by atoms with Crippen molar-refractivity contribution in [3.8, 4) is 0 Å². The summed E-state index contributed by atoms with van der Waals surface area (Å²) < 4.78 is 0. The van der Waals surface area contributed by atoms with Crippen LogP contribution in [-0.2, 0) is 10.5 Å². The summed E-state index contributed by atoms with van der Waals surface area (Å²) in [6.45, 7) is 1.94. The van der Waals surface area contributed by atoms with Crippen LogP contribution in [0.1, 0.15) is 11.1 Å². The predicted molar refractivity (Wildman–Crippen MR) is 92.4 cm³/mol. The molecule has 110 valence electrons. The largest absolute Gasteiger partial charge is 0.325 e. The Morgan fingerprint density at radius 3 is 2.67 bits per heavy atom. The van der Waals surface area contributed by atoms with Gasteiger partial charge in [0.25, 0.3) is 0 Å². The van der Waals surface area contributed by atoms with Crippen LogP contribution in [0.5, 0.6) is 0 Å². The molecule has 2 rings (SSSR count). The number of amides is 1. The van der Waals surface area contributed by atoms with E-state index in [1.807, 2.05) is 37.3 Å². The van der Waals surface area contributed by atoms with E-state index in [1.54, 1.807) is 23.9 Å². The molecule has 2 nitrogen and oxygen atoms in total. The monoisotopic (exact) mass is 339 g/mol. The normalized spacial score (nSPS) is 10.4. The van der Waals surface area contributed by atoms with Crippen molar-refractivity contribution in [3.63, 3.8) is 0 Å². The van der Waals surface area contributed by atoms with Gasteiger partial charge in [-0.15, -0.1) is 11.8 Å². The molecule has 0 aromatic heterocycles. The third kappa shape index (κ3) is 5.27. The molecular formula is C16H15Cl2NOS. The van der Waals surface area contributed by atoms with Crippen molar-refractivity contribution in [3.05, 3.63) is 63.6 Å². The molecule has 0 fully saturated rings. The van der Waals surface area contributed by atoms with Crippen molar-refractivity contribution >= 4 is 46.6 Å². The summed E-state index contributed by atoms with van der Waals surface area (Å²) in [5.41, 5.74) is 2.86. The van der Waals surface area contributed by atoms with Gasteiger partial charge in [0, 0.05) is 21.5 Å². The molecule has 1 amide bonds. The van der Waals surface area contributed by atoms with E-state index in [4.69, 9.17) is 23.2 Å². The van der Waals surface area contributed by atoms with Crippen LogP contribution in [0.15, 0.2) is 42.5 Å². The highest BCUT2D eigenvalue weighted by atomic mass is 35.5. The summed E-state index contributed by atoms with van der Waals surface area (Å²) in [4.78, 5) is 11.9. The SMILES string of the molecule is Cc1ccc(Cl)cc1NC(=O)CSCc1cccc(Cl)c1. The minimum atomic E-state index is -0.0348. The van der Waals surface area contributed by atoms with Crippen LogP contribution in [0, 0.1) is 6.92 Å². The average molecular weight is 340 g/mol. The van der Waals surface area contributed by atoms with E-state index < -0.39 is 0 Å². The van der Waals surface area contributed by atoms with Crippen LogP contribution in [0.2, 0.25) is 10.0 Å². The number of carbonyl (C=O) groups is 1. The molecule has 0 atom stereocenters. The molecule has 0 aliphatic heterocycles. The van der Waals surface area contributed by atoms with Gasteiger partial charge in [-0.2, -0.15) is 0 Å². The maximum absolute atomic E-state index is 11.9. The Balaban J connectivity index is 1.84. The zero-order chi connectivity index (χ0) is 15.2. The van der Waals surface area contributed by atoms with E-state index in [1.165, 1.54) is 0 Å². The van der Waals surface area contributed by atoms with Gasteiger partial charge in [0.2, 0.25) is 5.91 Å². The maximum Gasteiger partial charge on any atom is 0.234 e. The second-order valence-electron chi connectivity index (χ2n) is 4.63. The molecule has 0 radical (unpaired) electrons. The topological polar surface area (TPSA) is 29.1 Å². The van der Waals surface area contributed by atoms with Crippen molar-refractivity contribution in [2.75, 3.05) is 11.1 Å². The predicted octanol–water partition coefficient (Wildman–Crippen LogP) is 5.17. The Kier molecular flexibility index (Phi) is 5.97. The number of thioether (sulfide) groups is 1. The van der Waals surface area contributed by atoms with Gasteiger partial charge in [-0.25, -0.2) is 0 Å². The molecule has 0 aliphatic rings. The van der Waals surface area contributed by atoms with Gasteiger partial charge in [-0.3, -0.25) is 4.79 Å². The molecule has 0 unspecified atom stereocenters. The smallest absolute Gasteiger partial charge is 0.234 e. The summed E-state index contributed by atoms with van der Waals surface area (Å²) in [7, 11) is 0. The zero-order valence-corrected chi connectivity index (χ0v) is 13.9. The minimum Gasteiger partial charge on any atom is -0.325 e. The van der Waals surface area contributed by atoms with E-state index >= 15 is 0 Å². The van der Waals surface area contributed by atoms with Crippen molar-refractivity contribution in [1.82, 2.24) is 0 Å². The lowest BCUT2D eigenvalue weighted by Crippen LogP contribution is -2.15. The van der Waals surface area contributed by atoms with Crippen molar-refractivity contribution in [2.24, 2.45) is 0 Å². The highest BCUT2D eigenvalue weighted by molar-refractivity contribution is 7.99. The van der Waals surface area contributed by atoms with Gasteiger partial charge in [0.15, 0.2) is 0 Å². The van der Waals surface area contributed by atoms with Gasteiger partial charge < -0.3 is 5.32 Å². The van der Waals surface area contributed by atoms with Crippen molar-refractivity contribution < 1.29 is 4.79 Å². The first-order valence-electron chi connectivity index (χ1n) is 6.43. The maximum atomic E-state index is 11.9. The van der Waals surface area contributed by atoms with Crippen LogP contribution in [-0.4, -0.2) is 11.7 Å². The molecule has 2 aromatic carbocycles. The molecule has 0 saturated heterocycles. The van der Waals surface area contributed by atoms with E-state index in [9.17, 15) is 4.79 Å². The third-order valence-electron chi connectivity index (χ3n) is 2.86. The summed E-state index contributed by atoms with van der Waals surface area (Å²) >= 11 is 13.4. The molecule has 0 saturated carbocycles. The summed E-state index contributed by atoms with van der Waals surface area (Å²) in [5.74, 6) is 1.11. The number of hydrogen-bond donors (Lipinski definition) is 1. The van der Waals surface area contributed by atoms with E-state index in [-0.39, 0.29) is 5.91 Å². The molecule has 2 aromatic rings. The Morgan fingerprint density at radius 2 is 1.90 bits per heavy atom. The van der Waals surface area contributed by atoms with Crippen molar-refractivity contribution in [1.29, 1.82) is 0 Å². The number of hydrogen-bond acceptors (Lipinski definition) is 2. The highest BCUT2D eigenvalue weighted by Crippen LogP contribution is 2.21. The fourth-order valence-corrected chi connectivity index (χ4v) is 2.96. The standard InChI is InChI=1S/C16H15Cl2NOS/c1-11-5-6-14(18)8-15(11)19-16(20)10-21-9-12-3-2-4-13(17)7-12/h2-8H,9-10H2,1H3,(H,19,20). The summed E-state index contributed by atoms with van der Waals surface area (Å²) in [5, 5.41) is 4.21. The number of anilines is 1. The molecule has 0 spiro atoms. The molecule has 0 heterocycles. The van der Waals surface area contributed by atoms with E-state index in [0.29, 0.717) is 15.8 Å². The molecule has 0 bridgehead atoms. The zero-order valence-electron chi connectivity index (χ0n) is 11.5. The lowest BCUT2D eigenvalue weighted by atomic mass is 10.2. The highest BCUT2D eigenvalue weighted by Gasteiger charge is 2.06. The quantitative estimate of drug-likeness (QED) is 0.813. The van der Waals surface area contributed by atoms with Crippen LogP contribution in [0.3, 0.4) is 0 Å². The Labute approximate surface area is 138 Å². The first-order chi connectivity index (χ1) is 10.0. The number of benzene rings is 2. The second-order valence-corrected chi connectivity index (χ2v) is 6.49. The third-order valence-corrected chi connectivity index (χ3v) is 4.34.